The van der Waals surface area contributed by atoms with Crippen molar-refractivity contribution in [2.75, 3.05) is 17.7 Å². The fraction of sp³-hybridized carbons (Fsp3) is 0.462. The lowest BCUT2D eigenvalue weighted by Crippen LogP contribution is -2.34. The summed E-state index contributed by atoms with van der Waals surface area (Å²) < 4.78 is 22.1. The molecule has 1 rings (SSSR count). The predicted molar refractivity (Wildman–Crippen MR) is 84.1 cm³/mol. The molecule has 0 aliphatic heterocycles. The van der Waals surface area contributed by atoms with Crippen LogP contribution in [0.5, 0.6) is 0 Å². The van der Waals surface area contributed by atoms with Crippen LogP contribution in [0.2, 0.25) is 0 Å². The lowest BCUT2D eigenvalue weighted by atomic mass is 10.1. The fourth-order valence-electron chi connectivity index (χ4n) is 1.65. The van der Waals surface area contributed by atoms with Crippen molar-refractivity contribution in [1.29, 1.82) is 0 Å². The number of hydrogen-bond acceptors (Lipinski definition) is 4. The Hall–Kier alpha value is -1.27. The Balaban J connectivity index is 0.00000361. The molecule has 1 atom stereocenters. The van der Waals surface area contributed by atoms with Crippen LogP contribution in [0.1, 0.15) is 29.3 Å². The molecule has 0 bridgehead atoms. The third-order valence-electron chi connectivity index (χ3n) is 2.81. The Kier molecular flexibility index (Phi) is 7.02. The van der Waals surface area contributed by atoms with Gasteiger partial charge in [0, 0.05) is 23.5 Å². The number of amides is 1. The zero-order valence-electron chi connectivity index (χ0n) is 11.8. The highest BCUT2D eigenvalue weighted by atomic mass is 35.5. The summed E-state index contributed by atoms with van der Waals surface area (Å²) in [6.45, 7) is 3.61. The normalized spacial score (nSPS) is 12.3. The van der Waals surface area contributed by atoms with Gasteiger partial charge in [-0.2, -0.15) is 0 Å². The van der Waals surface area contributed by atoms with Crippen LogP contribution < -0.4 is 11.1 Å². The number of carbonyl (C=O) groups is 1. The number of nitrogens with one attached hydrogen (secondary N) is 1. The first-order valence-corrected chi connectivity index (χ1v) is 8.10. The van der Waals surface area contributed by atoms with Crippen molar-refractivity contribution in [3.63, 3.8) is 0 Å². The van der Waals surface area contributed by atoms with Gasteiger partial charge >= 0.3 is 0 Å². The molecule has 0 aliphatic carbocycles. The number of nitrogen functional groups attached to an aromatic ring is 1. The zero-order valence-corrected chi connectivity index (χ0v) is 13.5. The predicted octanol–water partition coefficient (Wildman–Crippen LogP) is 1.55. The molecule has 0 aromatic heterocycles. The molecule has 1 unspecified atom stereocenters. The number of rotatable bonds is 5. The number of halogens is 1. The second kappa shape index (κ2) is 7.50. The van der Waals surface area contributed by atoms with E-state index in [2.05, 4.69) is 5.32 Å². The molecule has 0 radical (unpaired) electrons. The van der Waals surface area contributed by atoms with Gasteiger partial charge in [-0.3, -0.25) is 4.79 Å². The van der Waals surface area contributed by atoms with Crippen LogP contribution in [0.15, 0.2) is 18.2 Å². The maximum Gasteiger partial charge on any atom is 0.251 e. The monoisotopic (exact) mass is 320 g/mol. The first kappa shape index (κ1) is 18.7. The average Bonchev–Trinajstić information content (AvgIpc) is 2.28. The van der Waals surface area contributed by atoms with Gasteiger partial charge in [0.1, 0.15) is 9.84 Å². The molecule has 1 aromatic rings. The van der Waals surface area contributed by atoms with Gasteiger partial charge in [0.15, 0.2) is 0 Å². The Morgan fingerprint density at radius 1 is 1.40 bits per heavy atom. The summed E-state index contributed by atoms with van der Waals surface area (Å²) in [7, 11) is -3.01. The topological polar surface area (TPSA) is 89.3 Å². The summed E-state index contributed by atoms with van der Waals surface area (Å²) in [5, 5.41) is 2.78. The minimum atomic E-state index is -3.01. The van der Waals surface area contributed by atoms with Gasteiger partial charge in [-0.1, -0.05) is 6.07 Å². The molecular formula is C13H21ClN2O3S. The fourth-order valence-corrected chi connectivity index (χ4v) is 2.43. The lowest BCUT2D eigenvalue weighted by Gasteiger charge is -2.14. The van der Waals surface area contributed by atoms with Gasteiger partial charge in [-0.15, -0.1) is 12.4 Å². The van der Waals surface area contributed by atoms with Crippen molar-refractivity contribution >= 4 is 33.8 Å². The second-order valence-corrected chi connectivity index (χ2v) is 7.13. The smallest absolute Gasteiger partial charge is 0.251 e. The molecule has 0 spiro atoms. The Labute approximate surface area is 126 Å². The second-order valence-electron chi connectivity index (χ2n) is 4.87. The van der Waals surface area contributed by atoms with E-state index in [0.29, 0.717) is 17.7 Å². The van der Waals surface area contributed by atoms with Crippen molar-refractivity contribution in [2.24, 2.45) is 0 Å². The van der Waals surface area contributed by atoms with Crippen molar-refractivity contribution < 1.29 is 13.2 Å². The molecule has 1 amide bonds. The van der Waals surface area contributed by atoms with E-state index in [4.69, 9.17) is 5.73 Å². The van der Waals surface area contributed by atoms with E-state index in [0.717, 1.165) is 5.56 Å². The lowest BCUT2D eigenvalue weighted by molar-refractivity contribution is 0.0938. The van der Waals surface area contributed by atoms with E-state index in [1.165, 1.54) is 6.26 Å². The SMILES string of the molecule is Cc1ccc(N)cc1C(=O)NC(C)CCS(C)(=O)=O.Cl. The third kappa shape index (κ3) is 6.25. The van der Waals surface area contributed by atoms with E-state index in [-0.39, 0.29) is 30.1 Å². The summed E-state index contributed by atoms with van der Waals surface area (Å²) in [6, 6.07) is 4.93. The molecule has 0 saturated carbocycles. The van der Waals surface area contributed by atoms with E-state index >= 15 is 0 Å². The zero-order chi connectivity index (χ0) is 14.6. The number of carbonyl (C=O) groups excluding carboxylic acids is 1. The molecule has 0 aliphatic rings. The number of nitrogens with two attached hydrogens (primary N) is 1. The molecule has 3 N–H and O–H groups in total. The first-order chi connectivity index (χ1) is 8.69. The molecule has 0 saturated heterocycles. The highest BCUT2D eigenvalue weighted by molar-refractivity contribution is 7.90. The van der Waals surface area contributed by atoms with Crippen LogP contribution in [0.4, 0.5) is 5.69 Å². The Morgan fingerprint density at radius 3 is 2.55 bits per heavy atom. The van der Waals surface area contributed by atoms with Crippen LogP contribution in [-0.4, -0.2) is 32.4 Å². The number of sulfone groups is 1. The maximum absolute atomic E-state index is 12.0. The van der Waals surface area contributed by atoms with E-state index in [9.17, 15) is 13.2 Å². The largest absolute Gasteiger partial charge is 0.399 e. The van der Waals surface area contributed by atoms with Crippen molar-refractivity contribution in [3.05, 3.63) is 29.3 Å². The highest BCUT2D eigenvalue weighted by Crippen LogP contribution is 2.13. The summed E-state index contributed by atoms with van der Waals surface area (Å²) >= 11 is 0. The van der Waals surface area contributed by atoms with Gasteiger partial charge in [-0.05, 0) is 38.0 Å². The van der Waals surface area contributed by atoms with Crippen LogP contribution in [0.25, 0.3) is 0 Å². The molecule has 0 fully saturated rings. The minimum absolute atomic E-state index is 0. The summed E-state index contributed by atoms with van der Waals surface area (Å²) in [4.78, 5) is 12.0. The van der Waals surface area contributed by atoms with Crippen LogP contribution >= 0.6 is 12.4 Å². The Morgan fingerprint density at radius 2 is 2.00 bits per heavy atom. The summed E-state index contributed by atoms with van der Waals surface area (Å²) in [5.74, 6) is -0.171. The molecule has 114 valence electrons. The number of hydrogen-bond donors (Lipinski definition) is 2. The third-order valence-corrected chi connectivity index (χ3v) is 3.78. The van der Waals surface area contributed by atoms with Crippen molar-refractivity contribution in [1.82, 2.24) is 5.32 Å². The van der Waals surface area contributed by atoms with Gasteiger partial charge < -0.3 is 11.1 Å². The van der Waals surface area contributed by atoms with Gasteiger partial charge in [0.2, 0.25) is 0 Å². The van der Waals surface area contributed by atoms with E-state index < -0.39 is 9.84 Å². The Bertz CT molecular complexity index is 573. The molecule has 1 aromatic carbocycles. The van der Waals surface area contributed by atoms with Gasteiger partial charge in [0.05, 0.1) is 5.75 Å². The maximum atomic E-state index is 12.0. The standard InChI is InChI=1S/C13H20N2O3S.ClH/c1-9-4-5-11(14)8-12(9)13(16)15-10(2)6-7-19(3,17)18;/h4-5,8,10H,6-7,14H2,1-3H3,(H,15,16);1H. The van der Waals surface area contributed by atoms with Crippen LogP contribution in [-0.2, 0) is 9.84 Å². The molecule has 20 heavy (non-hydrogen) atoms. The summed E-state index contributed by atoms with van der Waals surface area (Å²) in [6.07, 6.45) is 1.58. The molecular weight excluding hydrogens is 300 g/mol. The summed E-state index contributed by atoms with van der Waals surface area (Å²) in [5.41, 5.74) is 7.53. The minimum Gasteiger partial charge on any atom is -0.399 e. The first-order valence-electron chi connectivity index (χ1n) is 6.04. The van der Waals surface area contributed by atoms with Crippen LogP contribution in [0, 0.1) is 6.92 Å². The molecule has 7 heteroatoms. The average molecular weight is 321 g/mol. The van der Waals surface area contributed by atoms with Gasteiger partial charge in [0.25, 0.3) is 5.91 Å². The van der Waals surface area contributed by atoms with Crippen LogP contribution in [0.3, 0.4) is 0 Å². The number of aryl methyl sites for hydroxylation is 1. The number of anilines is 1. The van der Waals surface area contributed by atoms with Crippen molar-refractivity contribution in [2.45, 2.75) is 26.3 Å². The quantitative estimate of drug-likeness (QED) is 0.806. The van der Waals surface area contributed by atoms with E-state index in [1.807, 2.05) is 6.92 Å². The van der Waals surface area contributed by atoms with Crippen molar-refractivity contribution in [3.8, 4) is 0 Å². The molecule has 0 heterocycles. The van der Waals surface area contributed by atoms with Gasteiger partial charge in [-0.25, -0.2) is 8.42 Å². The molecule has 5 nitrogen and oxygen atoms in total. The highest BCUT2D eigenvalue weighted by Gasteiger charge is 2.14. The van der Waals surface area contributed by atoms with E-state index in [1.54, 1.807) is 25.1 Å². The number of benzene rings is 1.